The van der Waals surface area contributed by atoms with E-state index in [2.05, 4.69) is 58.1 Å². The molecule has 96 valence electrons. The average Bonchev–Trinajstić information content (AvgIpc) is 2.26. The van der Waals surface area contributed by atoms with Gasteiger partial charge in [0.25, 0.3) is 0 Å². The van der Waals surface area contributed by atoms with Crippen LogP contribution in [0.15, 0.2) is 18.2 Å². The number of benzene rings is 1. The molecule has 0 saturated heterocycles. The van der Waals surface area contributed by atoms with Gasteiger partial charge < -0.3 is 10.1 Å². The molecule has 1 rings (SSSR count). The van der Waals surface area contributed by atoms with Crippen molar-refractivity contribution in [3.05, 3.63) is 29.3 Å². The summed E-state index contributed by atoms with van der Waals surface area (Å²) in [6.45, 7) is 11.9. The van der Waals surface area contributed by atoms with Crippen LogP contribution in [0, 0.1) is 6.92 Å². The maximum atomic E-state index is 5.47. The van der Waals surface area contributed by atoms with E-state index < -0.39 is 0 Å². The minimum Gasteiger partial charge on any atom is -0.496 e. The summed E-state index contributed by atoms with van der Waals surface area (Å²) in [7, 11) is 1.74. The summed E-state index contributed by atoms with van der Waals surface area (Å²) in [4.78, 5) is 0. The van der Waals surface area contributed by atoms with E-state index in [-0.39, 0.29) is 5.41 Å². The van der Waals surface area contributed by atoms with E-state index in [9.17, 15) is 0 Å². The van der Waals surface area contributed by atoms with Crippen LogP contribution in [0.4, 0.5) is 0 Å². The molecule has 0 aliphatic rings. The summed E-state index contributed by atoms with van der Waals surface area (Å²) in [5.74, 6) is 0.978. The number of ether oxygens (including phenoxy) is 1. The lowest BCUT2D eigenvalue weighted by Gasteiger charge is -2.29. The van der Waals surface area contributed by atoms with Gasteiger partial charge in [-0.15, -0.1) is 0 Å². The number of hydrogen-bond acceptors (Lipinski definition) is 2. The summed E-state index contributed by atoms with van der Waals surface area (Å²) in [6.07, 6.45) is 0. The minimum atomic E-state index is 0.0711. The largest absolute Gasteiger partial charge is 0.496 e. The van der Waals surface area contributed by atoms with E-state index >= 15 is 0 Å². The van der Waals surface area contributed by atoms with Crippen LogP contribution in [0.1, 0.15) is 38.8 Å². The first-order chi connectivity index (χ1) is 7.86. The second kappa shape index (κ2) is 5.54. The van der Waals surface area contributed by atoms with Gasteiger partial charge in [-0.1, -0.05) is 45.4 Å². The number of nitrogens with one attached hydrogen (secondary N) is 1. The Hall–Kier alpha value is -1.02. The van der Waals surface area contributed by atoms with Crippen LogP contribution < -0.4 is 10.1 Å². The zero-order chi connectivity index (χ0) is 13.1. The Morgan fingerprint density at radius 1 is 1.29 bits per heavy atom. The SMILES string of the molecule is COc1ccc(C)cc1C(C)(C)CNC(C)C. The molecule has 0 fully saturated rings. The molecule has 0 unspecified atom stereocenters. The van der Waals surface area contributed by atoms with Crippen LogP contribution in [-0.4, -0.2) is 19.7 Å². The third-order valence-corrected chi connectivity index (χ3v) is 3.04. The van der Waals surface area contributed by atoms with Gasteiger partial charge in [-0.25, -0.2) is 0 Å². The lowest BCUT2D eigenvalue weighted by molar-refractivity contribution is 0.380. The Labute approximate surface area is 105 Å². The van der Waals surface area contributed by atoms with Crippen molar-refractivity contribution in [2.45, 2.75) is 46.1 Å². The Morgan fingerprint density at radius 2 is 1.94 bits per heavy atom. The molecule has 0 aromatic heterocycles. The quantitative estimate of drug-likeness (QED) is 0.845. The summed E-state index contributed by atoms with van der Waals surface area (Å²) in [5, 5.41) is 3.50. The average molecular weight is 235 g/mol. The minimum absolute atomic E-state index is 0.0711. The number of hydrogen-bond donors (Lipinski definition) is 1. The van der Waals surface area contributed by atoms with Crippen molar-refractivity contribution in [2.24, 2.45) is 0 Å². The van der Waals surface area contributed by atoms with E-state index in [4.69, 9.17) is 4.74 Å². The van der Waals surface area contributed by atoms with E-state index in [1.807, 2.05) is 0 Å². The van der Waals surface area contributed by atoms with Gasteiger partial charge in [0.15, 0.2) is 0 Å². The van der Waals surface area contributed by atoms with Gasteiger partial charge in [0.1, 0.15) is 5.75 Å². The van der Waals surface area contributed by atoms with Crippen molar-refractivity contribution in [2.75, 3.05) is 13.7 Å². The topological polar surface area (TPSA) is 21.3 Å². The van der Waals surface area contributed by atoms with E-state index in [0.29, 0.717) is 6.04 Å². The molecule has 1 N–H and O–H groups in total. The standard InChI is InChI=1S/C15H25NO/c1-11(2)16-10-15(4,5)13-9-12(3)7-8-14(13)17-6/h7-9,11,16H,10H2,1-6H3. The maximum Gasteiger partial charge on any atom is 0.122 e. The summed E-state index contributed by atoms with van der Waals surface area (Å²) >= 11 is 0. The zero-order valence-corrected chi connectivity index (χ0v) is 11.9. The Bertz CT molecular complexity index is 369. The van der Waals surface area contributed by atoms with Crippen LogP contribution in [0.5, 0.6) is 5.75 Å². The fraction of sp³-hybridized carbons (Fsp3) is 0.600. The molecule has 0 aliphatic heterocycles. The van der Waals surface area contributed by atoms with Crippen LogP contribution in [0.2, 0.25) is 0 Å². The van der Waals surface area contributed by atoms with Crippen molar-refractivity contribution in [3.63, 3.8) is 0 Å². The molecule has 0 amide bonds. The van der Waals surface area contributed by atoms with E-state index in [1.54, 1.807) is 7.11 Å². The highest BCUT2D eigenvalue weighted by molar-refractivity contribution is 5.41. The Morgan fingerprint density at radius 3 is 2.47 bits per heavy atom. The van der Waals surface area contributed by atoms with Gasteiger partial charge in [0.05, 0.1) is 7.11 Å². The Kier molecular flexibility index (Phi) is 4.58. The first-order valence-corrected chi connectivity index (χ1v) is 6.25. The van der Waals surface area contributed by atoms with Gasteiger partial charge in [0.2, 0.25) is 0 Å². The fourth-order valence-electron chi connectivity index (χ4n) is 1.91. The molecular weight excluding hydrogens is 210 g/mol. The molecule has 0 atom stereocenters. The molecule has 0 radical (unpaired) electrons. The van der Waals surface area contributed by atoms with Crippen molar-refractivity contribution < 1.29 is 4.74 Å². The van der Waals surface area contributed by atoms with E-state index in [0.717, 1.165) is 12.3 Å². The van der Waals surface area contributed by atoms with Gasteiger partial charge in [0, 0.05) is 23.6 Å². The lowest BCUT2D eigenvalue weighted by Crippen LogP contribution is -2.36. The fourth-order valence-corrected chi connectivity index (χ4v) is 1.91. The number of aryl methyl sites for hydroxylation is 1. The molecule has 1 aromatic rings. The van der Waals surface area contributed by atoms with Crippen molar-refractivity contribution >= 4 is 0 Å². The van der Waals surface area contributed by atoms with Gasteiger partial charge >= 0.3 is 0 Å². The van der Waals surface area contributed by atoms with Crippen molar-refractivity contribution in [1.29, 1.82) is 0 Å². The van der Waals surface area contributed by atoms with Crippen molar-refractivity contribution in [1.82, 2.24) is 5.32 Å². The summed E-state index contributed by atoms with van der Waals surface area (Å²) < 4.78 is 5.47. The molecule has 2 heteroatoms. The van der Waals surface area contributed by atoms with E-state index in [1.165, 1.54) is 11.1 Å². The molecule has 0 aliphatic carbocycles. The van der Waals surface area contributed by atoms with Crippen molar-refractivity contribution in [3.8, 4) is 5.75 Å². The molecule has 0 heterocycles. The van der Waals surface area contributed by atoms with Gasteiger partial charge in [-0.05, 0) is 13.0 Å². The highest BCUT2D eigenvalue weighted by Gasteiger charge is 2.24. The van der Waals surface area contributed by atoms with Crippen LogP contribution in [0.3, 0.4) is 0 Å². The summed E-state index contributed by atoms with van der Waals surface area (Å²) in [6, 6.07) is 6.88. The molecule has 0 bridgehead atoms. The van der Waals surface area contributed by atoms with Gasteiger partial charge in [-0.2, -0.15) is 0 Å². The van der Waals surface area contributed by atoms with Crippen LogP contribution >= 0.6 is 0 Å². The zero-order valence-electron chi connectivity index (χ0n) is 11.9. The molecule has 1 aromatic carbocycles. The first kappa shape index (κ1) is 14.0. The maximum absolute atomic E-state index is 5.47. The second-order valence-corrected chi connectivity index (χ2v) is 5.62. The predicted molar refractivity (Wildman–Crippen MR) is 73.9 cm³/mol. The lowest BCUT2D eigenvalue weighted by atomic mass is 9.83. The second-order valence-electron chi connectivity index (χ2n) is 5.62. The highest BCUT2D eigenvalue weighted by atomic mass is 16.5. The number of rotatable bonds is 5. The summed E-state index contributed by atoms with van der Waals surface area (Å²) in [5.41, 5.74) is 2.62. The monoisotopic (exact) mass is 235 g/mol. The van der Waals surface area contributed by atoms with Crippen LogP contribution in [0.25, 0.3) is 0 Å². The third kappa shape index (κ3) is 3.74. The molecule has 2 nitrogen and oxygen atoms in total. The molecule has 0 spiro atoms. The smallest absolute Gasteiger partial charge is 0.122 e. The highest BCUT2D eigenvalue weighted by Crippen LogP contribution is 2.32. The normalized spacial score (nSPS) is 11.9. The third-order valence-electron chi connectivity index (χ3n) is 3.04. The molecular formula is C15H25NO. The predicted octanol–water partition coefficient (Wildman–Crippen LogP) is 3.28. The van der Waals surface area contributed by atoms with Gasteiger partial charge in [-0.3, -0.25) is 0 Å². The number of methoxy groups -OCH3 is 1. The molecule has 0 saturated carbocycles. The first-order valence-electron chi connectivity index (χ1n) is 6.25. The Balaban J connectivity index is 2.99. The molecule has 17 heavy (non-hydrogen) atoms. The van der Waals surface area contributed by atoms with Crippen LogP contribution in [-0.2, 0) is 5.41 Å².